The second-order valence-electron chi connectivity index (χ2n) is 6.27. The van der Waals surface area contributed by atoms with E-state index in [0.717, 1.165) is 12.8 Å². The number of aromatic nitrogens is 1. The summed E-state index contributed by atoms with van der Waals surface area (Å²) in [5, 5.41) is 0. The molecule has 0 amide bonds. The second-order valence-corrected chi connectivity index (χ2v) is 6.27. The molecule has 1 aliphatic heterocycles. The lowest BCUT2D eigenvalue weighted by Crippen LogP contribution is -2.35. The molecule has 0 bridgehead atoms. The van der Waals surface area contributed by atoms with Gasteiger partial charge in [0.2, 0.25) is 11.8 Å². The van der Waals surface area contributed by atoms with Crippen LogP contribution in [0, 0.1) is 5.92 Å². The van der Waals surface area contributed by atoms with E-state index in [4.69, 9.17) is 19.9 Å². The maximum atomic E-state index is 5.99. The van der Waals surface area contributed by atoms with Crippen LogP contribution < -0.4 is 15.2 Å². The Balaban J connectivity index is 1.62. The molecule has 1 aromatic heterocycles. The van der Waals surface area contributed by atoms with E-state index in [1.807, 2.05) is 6.07 Å². The van der Waals surface area contributed by atoms with E-state index in [1.165, 1.54) is 12.8 Å². The Bertz CT molecular complexity index is 480. The van der Waals surface area contributed by atoms with Crippen molar-refractivity contribution in [2.24, 2.45) is 5.92 Å². The van der Waals surface area contributed by atoms with Crippen molar-refractivity contribution in [1.29, 1.82) is 0 Å². The van der Waals surface area contributed by atoms with Crippen molar-refractivity contribution in [3.05, 3.63) is 12.1 Å². The molecule has 2 heterocycles. The van der Waals surface area contributed by atoms with Crippen LogP contribution in [0.15, 0.2) is 12.1 Å². The number of nitrogens with zero attached hydrogens (tertiary/aromatic N) is 1. The van der Waals surface area contributed by atoms with Gasteiger partial charge in [0, 0.05) is 18.9 Å². The predicted octanol–water partition coefficient (Wildman–Crippen LogP) is 2.79. The predicted molar refractivity (Wildman–Crippen MR) is 80.5 cm³/mol. The number of pyridine rings is 1. The normalized spacial score (nSPS) is 29.1. The maximum Gasteiger partial charge on any atom is 0.240 e. The van der Waals surface area contributed by atoms with Crippen molar-refractivity contribution in [2.45, 2.75) is 57.8 Å². The average molecular weight is 292 g/mol. The first-order chi connectivity index (χ1) is 10.1. The lowest BCUT2D eigenvalue weighted by atomic mass is 10.0. The summed E-state index contributed by atoms with van der Waals surface area (Å²) in [6.07, 6.45) is 4.83. The monoisotopic (exact) mass is 292 g/mol. The molecule has 2 unspecified atom stereocenters. The molecular formula is C16H24N2O3. The minimum atomic E-state index is 0.135. The fraction of sp³-hybridized carbons (Fsp3) is 0.688. The standard InChI is InChI=1S/C16H24N2O3/c1-10-7-13(8-11(2)20-10)21-15-6-5-14(17)16(18-15)19-9-12-3-4-12/h5-6,10-13H,3-4,7-9,17H2,1-2H3. The van der Waals surface area contributed by atoms with Crippen LogP contribution in [0.25, 0.3) is 0 Å². The van der Waals surface area contributed by atoms with E-state index in [1.54, 1.807) is 6.07 Å². The summed E-state index contributed by atoms with van der Waals surface area (Å²) in [4.78, 5) is 4.41. The molecule has 3 rings (SSSR count). The Morgan fingerprint density at radius 2 is 1.95 bits per heavy atom. The largest absolute Gasteiger partial charge is 0.476 e. The molecule has 116 valence electrons. The zero-order valence-electron chi connectivity index (χ0n) is 12.7. The van der Waals surface area contributed by atoms with E-state index in [0.29, 0.717) is 30.0 Å². The van der Waals surface area contributed by atoms with E-state index in [2.05, 4.69) is 18.8 Å². The quantitative estimate of drug-likeness (QED) is 0.904. The van der Waals surface area contributed by atoms with Gasteiger partial charge in [0.25, 0.3) is 0 Å². The molecule has 1 saturated heterocycles. The Kier molecular flexibility index (Phi) is 4.19. The van der Waals surface area contributed by atoms with Crippen LogP contribution in [0.2, 0.25) is 0 Å². The van der Waals surface area contributed by atoms with E-state index in [-0.39, 0.29) is 18.3 Å². The molecule has 1 saturated carbocycles. The first-order valence-corrected chi connectivity index (χ1v) is 7.81. The fourth-order valence-electron chi connectivity index (χ4n) is 2.71. The Hall–Kier alpha value is -1.49. The molecule has 1 aromatic rings. The summed E-state index contributed by atoms with van der Waals surface area (Å²) in [7, 11) is 0. The van der Waals surface area contributed by atoms with Crippen molar-refractivity contribution >= 4 is 5.69 Å². The van der Waals surface area contributed by atoms with Gasteiger partial charge in [0.1, 0.15) is 6.10 Å². The van der Waals surface area contributed by atoms with E-state index in [9.17, 15) is 0 Å². The summed E-state index contributed by atoms with van der Waals surface area (Å²) < 4.78 is 17.4. The topological polar surface area (TPSA) is 66.6 Å². The van der Waals surface area contributed by atoms with Gasteiger partial charge in [-0.05, 0) is 38.7 Å². The lowest BCUT2D eigenvalue weighted by molar-refractivity contribution is -0.0730. The van der Waals surface area contributed by atoms with Gasteiger partial charge >= 0.3 is 0 Å². The smallest absolute Gasteiger partial charge is 0.240 e. The van der Waals surface area contributed by atoms with Crippen molar-refractivity contribution < 1.29 is 14.2 Å². The molecule has 0 spiro atoms. The third kappa shape index (κ3) is 4.00. The van der Waals surface area contributed by atoms with Crippen LogP contribution >= 0.6 is 0 Å². The first-order valence-electron chi connectivity index (χ1n) is 7.81. The van der Waals surface area contributed by atoms with Gasteiger partial charge in [-0.1, -0.05) is 0 Å². The minimum absolute atomic E-state index is 0.135. The van der Waals surface area contributed by atoms with Crippen LogP contribution in [0.5, 0.6) is 11.8 Å². The van der Waals surface area contributed by atoms with Gasteiger partial charge in [0.15, 0.2) is 0 Å². The lowest BCUT2D eigenvalue weighted by Gasteiger charge is -2.32. The average Bonchev–Trinajstić information content (AvgIpc) is 3.22. The highest BCUT2D eigenvalue weighted by molar-refractivity contribution is 5.49. The highest BCUT2D eigenvalue weighted by atomic mass is 16.5. The van der Waals surface area contributed by atoms with Crippen LogP contribution in [0.4, 0.5) is 5.69 Å². The number of ether oxygens (including phenoxy) is 3. The second kappa shape index (κ2) is 6.10. The molecule has 0 aromatic carbocycles. The van der Waals surface area contributed by atoms with E-state index < -0.39 is 0 Å². The zero-order valence-corrected chi connectivity index (χ0v) is 12.7. The SMILES string of the molecule is CC1CC(Oc2ccc(N)c(OCC3CC3)n2)CC(C)O1. The van der Waals surface area contributed by atoms with Crippen molar-refractivity contribution in [3.63, 3.8) is 0 Å². The molecule has 2 fully saturated rings. The van der Waals surface area contributed by atoms with Crippen molar-refractivity contribution in [2.75, 3.05) is 12.3 Å². The summed E-state index contributed by atoms with van der Waals surface area (Å²) in [6, 6.07) is 3.61. The number of hydrogen-bond donors (Lipinski definition) is 1. The summed E-state index contributed by atoms with van der Waals surface area (Å²) in [6.45, 7) is 4.85. The highest BCUT2D eigenvalue weighted by Gasteiger charge is 2.26. The number of hydrogen-bond acceptors (Lipinski definition) is 5. The minimum Gasteiger partial charge on any atom is -0.476 e. The third-order valence-corrected chi connectivity index (χ3v) is 3.96. The molecule has 2 N–H and O–H groups in total. The highest BCUT2D eigenvalue weighted by Crippen LogP contribution is 2.31. The molecule has 1 aliphatic carbocycles. The van der Waals surface area contributed by atoms with Crippen LogP contribution in [0.1, 0.15) is 39.5 Å². The van der Waals surface area contributed by atoms with Gasteiger partial charge in [-0.15, -0.1) is 0 Å². The summed E-state index contributed by atoms with van der Waals surface area (Å²) in [5.74, 6) is 1.75. The Morgan fingerprint density at radius 3 is 2.62 bits per heavy atom. The van der Waals surface area contributed by atoms with Crippen molar-refractivity contribution in [3.8, 4) is 11.8 Å². The molecule has 21 heavy (non-hydrogen) atoms. The van der Waals surface area contributed by atoms with E-state index >= 15 is 0 Å². The summed E-state index contributed by atoms with van der Waals surface area (Å²) in [5.41, 5.74) is 6.48. The maximum absolute atomic E-state index is 5.99. The molecule has 5 heteroatoms. The van der Waals surface area contributed by atoms with Gasteiger partial charge in [-0.3, -0.25) is 0 Å². The molecular weight excluding hydrogens is 268 g/mol. The Labute approximate surface area is 125 Å². The molecule has 0 radical (unpaired) electrons. The van der Waals surface area contributed by atoms with Gasteiger partial charge in [0.05, 0.1) is 24.5 Å². The fourth-order valence-corrected chi connectivity index (χ4v) is 2.71. The van der Waals surface area contributed by atoms with Gasteiger partial charge < -0.3 is 19.9 Å². The summed E-state index contributed by atoms with van der Waals surface area (Å²) >= 11 is 0. The van der Waals surface area contributed by atoms with Gasteiger partial charge in [-0.25, -0.2) is 0 Å². The molecule has 5 nitrogen and oxygen atoms in total. The number of nitrogen functional groups attached to an aromatic ring is 1. The molecule has 2 aliphatic rings. The van der Waals surface area contributed by atoms with Crippen molar-refractivity contribution in [1.82, 2.24) is 4.98 Å². The van der Waals surface area contributed by atoms with Gasteiger partial charge in [-0.2, -0.15) is 4.98 Å². The number of nitrogens with two attached hydrogens (primary N) is 1. The number of anilines is 1. The van der Waals surface area contributed by atoms with Crippen LogP contribution in [0.3, 0.4) is 0 Å². The zero-order chi connectivity index (χ0) is 14.8. The Morgan fingerprint density at radius 1 is 1.24 bits per heavy atom. The van der Waals surface area contributed by atoms with Crippen LogP contribution in [-0.4, -0.2) is 29.9 Å². The number of rotatable bonds is 5. The first kappa shape index (κ1) is 14.4. The molecule has 2 atom stereocenters. The van der Waals surface area contributed by atoms with Crippen LogP contribution in [-0.2, 0) is 4.74 Å². The third-order valence-electron chi connectivity index (χ3n) is 3.96.